The number of nitrogens with two attached hydrogens (primary N) is 1. The minimum atomic E-state index is -0.498. The van der Waals surface area contributed by atoms with Crippen molar-refractivity contribution in [2.24, 2.45) is 0 Å². The Morgan fingerprint density at radius 1 is 1.35 bits per heavy atom. The highest BCUT2D eigenvalue weighted by molar-refractivity contribution is 5.97. The third-order valence-corrected chi connectivity index (χ3v) is 3.32. The van der Waals surface area contributed by atoms with E-state index in [-0.39, 0.29) is 6.10 Å². The van der Waals surface area contributed by atoms with Gasteiger partial charge in [0.1, 0.15) is 5.65 Å². The quantitative estimate of drug-likeness (QED) is 0.642. The summed E-state index contributed by atoms with van der Waals surface area (Å²) in [6, 6.07) is 9.48. The lowest BCUT2D eigenvalue weighted by molar-refractivity contribution is 0.130. The molecule has 0 atom stereocenters. The smallest absolute Gasteiger partial charge is 0.411 e. The van der Waals surface area contributed by atoms with E-state index in [2.05, 4.69) is 15.3 Å². The second-order valence-corrected chi connectivity index (χ2v) is 5.53. The fraction of sp³-hybridized carbons (Fsp3) is 0.176. The second-order valence-electron chi connectivity index (χ2n) is 5.53. The van der Waals surface area contributed by atoms with E-state index in [1.165, 1.54) is 0 Å². The van der Waals surface area contributed by atoms with Crippen molar-refractivity contribution in [3.63, 3.8) is 0 Å². The fourth-order valence-corrected chi connectivity index (χ4v) is 2.38. The minimum Gasteiger partial charge on any atom is -0.447 e. The number of rotatable bonds is 3. The molecule has 0 unspecified atom stereocenters. The zero-order valence-corrected chi connectivity index (χ0v) is 13.0. The van der Waals surface area contributed by atoms with Crippen LogP contribution in [0.2, 0.25) is 0 Å². The van der Waals surface area contributed by atoms with E-state index >= 15 is 0 Å². The van der Waals surface area contributed by atoms with Gasteiger partial charge in [-0.15, -0.1) is 0 Å². The van der Waals surface area contributed by atoms with Crippen molar-refractivity contribution in [3.05, 3.63) is 42.7 Å². The first kappa shape index (κ1) is 14.9. The zero-order chi connectivity index (χ0) is 16.4. The fourth-order valence-electron chi connectivity index (χ4n) is 2.38. The number of H-pyrrole nitrogens is 1. The average Bonchev–Trinajstić information content (AvgIpc) is 2.89. The molecule has 0 saturated heterocycles. The third-order valence-electron chi connectivity index (χ3n) is 3.32. The Balaban J connectivity index is 1.95. The van der Waals surface area contributed by atoms with Gasteiger partial charge in [-0.1, -0.05) is 12.1 Å². The lowest BCUT2D eigenvalue weighted by Crippen LogP contribution is -2.18. The summed E-state index contributed by atoms with van der Waals surface area (Å²) in [5.41, 5.74) is 9.82. The van der Waals surface area contributed by atoms with Gasteiger partial charge >= 0.3 is 6.09 Å². The summed E-state index contributed by atoms with van der Waals surface area (Å²) in [5.74, 6) is 0. The second kappa shape index (κ2) is 6.00. The highest BCUT2D eigenvalue weighted by Crippen LogP contribution is 2.30. The Hall–Kier alpha value is -3.02. The number of anilines is 2. The van der Waals surface area contributed by atoms with Crippen molar-refractivity contribution in [2.75, 3.05) is 11.1 Å². The number of pyridine rings is 1. The molecule has 6 heteroatoms. The van der Waals surface area contributed by atoms with Crippen LogP contribution in [0.5, 0.6) is 0 Å². The number of aromatic amines is 1. The number of ether oxygens (including phenoxy) is 1. The summed E-state index contributed by atoms with van der Waals surface area (Å²) >= 11 is 0. The average molecular weight is 310 g/mol. The van der Waals surface area contributed by atoms with E-state index in [1.807, 2.05) is 36.5 Å². The van der Waals surface area contributed by atoms with Gasteiger partial charge in [-0.05, 0) is 37.6 Å². The maximum absolute atomic E-state index is 11.7. The molecule has 118 valence electrons. The van der Waals surface area contributed by atoms with Gasteiger partial charge in [0.15, 0.2) is 0 Å². The van der Waals surface area contributed by atoms with E-state index in [0.29, 0.717) is 11.4 Å². The van der Waals surface area contributed by atoms with Crippen LogP contribution in [0.3, 0.4) is 0 Å². The number of benzene rings is 1. The van der Waals surface area contributed by atoms with Gasteiger partial charge in [0.25, 0.3) is 0 Å². The largest absolute Gasteiger partial charge is 0.447 e. The molecule has 0 fully saturated rings. The molecule has 6 nitrogen and oxygen atoms in total. The molecule has 0 spiro atoms. The number of nitrogens with zero attached hydrogens (tertiary/aromatic N) is 1. The van der Waals surface area contributed by atoms with E-state index < -0.39 is 6.09 Å². The number of fused-ring (bicyclic) bond motifs is 1. The maximum Gasteiger partial charge on any atom is 0.411 e. The van der Waals surface area contributed by atoms with Crippen LogP contribution in [-0.4, -0.2) is 22.2 Å². The molecule has 0 radical (unpaired) electrons. The molecular formula is C17H18N4O2. The lowest BCUT2D eigenvalue weighted by atomic mass is 10.1. The highest BCUT2D eigenvalue weighted by atomic mass is 16.6. The van der Waals surface area contributed by atoms with Crippen molar-refractivity contribution >= 4 is 28.5 Å². The van der Waals surface area contributed by atoms with Gasteiger partial charge in [0.05, 0.1) is 18.0 Å². The number of carbonyl (C=O) groups excluding carboxylic acids is 1. The van der Waals surface area contributed by atoms with Crippen LogP contribution in [0.25, 0.3) is 22.2 Å². The Morgan fingerprint density at radius 2 is 2.17 bits per heavy atom. The number of nitrogens with one attached hydrogen (secondary N) is 2. The normalized spacial score (nSPS) is 10.9. The van der Waals surface area contributed by atoms with Crippen LogP contribution in [0.15, 0.2) is 42.7 Å². The molecule has 0 saturated carbocycles. The Morgan fingerprint density at radius 3 is 2.91 bits per heavy atom. The number of hydrogen-bond donors (Lipinski definition) is 3. The van der Waals surface area contributed by atoms with Gasteiger partial charge in [-0.3, -0.25) is 5.32 Å². The molecular weight excluding hydrogens is 292 g/mol. The number of hydrogen-bond acceptors (Lipinski definition) is 4. The van der Waals surface area contributed by atoms with Crippen molar-refractivity contribution in [1.82, 2.24) is 9.97 Å². The van der Waals surface area contributed by atoms with Crippen LogP contribution in [0, 0.1) is 0 Å². The first-order valence-corrected chi connectivity index (χ1v) is 7.33. The summed E-state index contributed by atoms with van der Waals surface area (Å²) in [6.45, 7) is 3.59. The first-order chi connectivity index (χ1) is 11.0. The minimum absolute atomic E-state index is 0.179. The van der Waals surface area contributed by atoms with Crippen LogP contribution >= 0.6 is 0 Å². The molecule has 1 amide bonds. The van der Waals surface area contributed by atoms with E-state index in [0.717, 1.165) is 22.2 Å². The third kappa shape index (κ3) is 3.26. The van der Waals surface area contributed by atoms with E-state index in [4.69, 9.17) is 10.5 Å². The maximum atomic E-state index is 11.7. The number of amides is 1. The molecule has 2 aromatic heterocycles. The van der Waals surface area contributed by atoms with Crippen molar-refractivity contribution in [3.8, 4) is 11.1 Å². The molecule has 23 heavy (non-hydrogen) atoms. The summed E-state index contributed by atoms with van der Waals surface area (Å²) in [5, 5.41) is 3.58. The van der Waals surface area contributed by atoms with Crippen molar-refractivity contribution in [2.45, 2.75) is 20.0 Å². The molecule has 3 rings (SSSR count). The monoisotopic (exact) mass is 310 g/mol. The Bertz CT molecular complexity index is 855. The Kier molecular flexibility index (Phi) is 3.89. The van der Waals surface area contributed by atoms with Gasteiger partial charge in [-0.2, -0.15) is 0 Å². The van der Waals surface area contributed by atoms with Crippen LogP contribution in [0.1, 0.15) is 13.8 Å². The molecule has 3 aromatic rings. The number of carbonyl (C=O) groups is 1. The van der Waals surface area contributed by atoms with Crippen LogP contribution in [0.4, 0.5) is 16.2 Å². The molecule has 0 aliphatic heterocycles. The van der Waals surface area contributed by atoms with Crippen LogP contribution in [-0.2, 0) is 4.74 Å². The standard InChI is InChI=1S/C17H18N4O2/c1-10(2)23-17(22)21-13-7-14-15(9-20-16(14)19-8-13)11-4-3-5-12(18)6-11/h3-10H,18H2,1-2H3,(H,19,20)(H,21,22). The molecule has 0 aliphatic carbocycles. The molecule has 1 aromatic carbocycles. The van der Waals surface area contributed by atoms with Gasteiger partial charge in [0, 0.05) is 22.8 Å². The molecule has 0 aliphatic rings. The van der Waals surface area contributed by atoms with Crippen molar-refractivity contribution < 1.29 is 9.53 Å². The lowest BCUT2D eigenvalue weighted by Gasteiger charge is -2.09. The number of nitrogen functional groups attached to an aromatic ring is 1. The van der Waals surface area contributed by atoms with Crippen LogP contribution < -0.4 is 11.1 Å². The predicted octanol–water partition coefficient (Wildman–Crippen LogP) is 3.77. The highest BCUT2D eigenvalue weighted by Gasteiger charge is 2.11. The Labute approximate surface area is 133 Å². The first-order valence-electron chi connectivity index (χ1n) is 7.33. The van der Waals surface area contributed by atoms with Crippen molar-refractivity contribution in [1.29, 1.82) is 0 Å². The zero-order valence-electron chi connectivity index (χ0n) is 13.0. The van der Waals surface area contributed by atoms with Gasteiger partial charge < -0.3 is 15.5 Å². The summed E-state index contributed by atoms with van der Waals surface area (Å²) in [6.07, 6.45) is 2.79. The number of aromatic nitrogens is 2. The molecule has 0 bridgehead atoms. The predicted molar refractivity (Wildman–Crippen MR) is 91.2 cm³/mol. The summed E-state index contributed by atoms with van der Waals surface area (Å²) in [4.78, 5) is 19.2. The van der Waals surface area contributed by atoms with Gasteiger partial charge in [-0.25, -0.2) is 9.78 Å². The van der Waals surface area contributed by atoms with E-state index in [9.17, 15) is 4.79 Å². The topological polar surface area (TPSA) is 93.0 Å². The van der Waals surface area contributed by atoms with Gasteiger partial charge in [0.2, 0.25) is 0 Å². The van der Waals surface area contributed by atoms with E-state index in [1.54, 1.807) is 20.0 Å². The summed E-state index contributed by atoms with van der Waals surface area (Å²) in [7, 11) is 0. The molecule has 4 N–H and O–H groups in total. The molecule has 2 heterocycles. The summed E-state index contributed by atoms with van der Waals surface area (Å²) < 4.78 is 5.08. The SMILES string of the molecule is CC(C)OC(=O)Nc1cnc2[nH]cc(-c3cccc(N)c3)c2c1.